The highest BCUT2D eigenvalue weighted by Crippen LogP contribution is 2.27. The van der Waals surface area contributed by atoms with Crippen molar-refractivity contribution < 1.29 is 14.3 Å². The molecule has 0 radical (unpaired) electrons. The maximum Gasteiger partial charge on any atom is 0.305 e. The van der Waals surface area contributed by atoms with E-state index in [1.165, 1.54) is 23.8 Å². The molecule has 0 atom stereocenters. The van der Waals surface area contributed by atoms with E-state index in [1.54, 1.807) is 0 Å². The molecule has 2 rings (SSSR count). The quantitative estimate of drug-likeness (QED) is 0.594. The SMILES string of the molecule is COC(=O)CCc1ccccc1CC1=C(C=O)CCCC1. The topological polar surface area (TPSA) is 43.4 Å². The zero-order chi connectivity index (χ0) is 15.1. The number of hydrogen-bond donors (Lipinski definition) is 0. The third-order valence-electron chi connectivity index (χ3n) is 4.12. The fourth-order valence-electron chi connectivity index (χ4n) is 2.88. The average molecular weight is 286 g/mol. The summed E-state index contributed by atoms with van der Waals surface area (Å²) in [5.74, 6) is -0.185. The lowest BCUT2D eigenvalue weighted by Crippen LogP contribution is -2.07. The van der Waals surface area contributed by atoms with E-state index >= 15 is 0 Å². The van der Waals surface area contributed by atoms with Crippen LogP contribution in [0.1, 0.15) is 43.2 Å². The van der Waals surface area contributed by atoms with E-state index in [0.29, 0.717) is 12.8 Å². The third kappa shape index (κ3) is 4.28. The van der Waals surface area contributed by atoms with Crippen LogP contribution in [0.25, 0.3) is 0 Å². The van der Waals surface area contributed by atoms with Crippen molar-refractivity contribution in [2.45, 2.75) is 44.9 Å². The number of esters is 1. The number of allylic oxidation sites excluding steroid dienone is 2. The average Bonchev–Trinajstić information content (AvgIpc) is 2.54. The fraction of sp³-hybridized carbons (Fsp3) is 0.444. The third-order valence-corrected chi connectivity index (χ3v) is 4.12. The monoisotopic (exact) mass is 286 g/mol. The number of benzene rings is 1. The molecule has 0 amide bonds. The predicted molar refractivity (Wildman–Crippen MR) is 82.0 cm³/mol. The fourth-order valence-corrected chi connectivity index (χ4v) is 2.88. The van der Waals surface area contributed by atoms with E-state index in [-0.39, 0.29) is 5.97 Å². The minimum atomic E-state index is -0.185. The Bertz CT molecular complexity index is 543. The summed E-state index contributed by atoms with van der Waals surface area (Å²) in [6.07, 6.45) is 7.12. The van der Waals surface area contributed by atoms with Gasteiger partial charge in [0.15, 0.2) is 0 Å². The van der Waals surface area contributed by atoms with E-state index in [4.69, 9.17) is 4.74 Å². The number of carbonyl (C=O) groups is 2. The molecular formula is C18H22O3. The molecule has 0 aliphatic heterocycles. The number of rotatable bonds is 6. The molecule has 1 aliphatic rings. The summed E-state index contributed by atoms with van der Waals surface area (Å²) in [5.41, 5.74) is 4.63. The van der Waals surface area contributed by atoms with Gasteiger partial charge in [-0.2, -0.15) is 0 Å². The number of ether oxygens (including phenoxy) is 1. The van der Waals surface area contributed by atoms with Crippen LogP contribution in [0, 0.1) is 0 Å². The molecule has 0 unspecified atom stereocenters. The van der Waals surface area contributed by atoms with E-state index in [9.17, 15) is 9.59 Å². The highest BCUT2D eigenvalue weighted by molar-refractivity contribution is 5.75. The standard InChI is InChI=1S/C18H22O3/c1-21-18(20)11-10-14-6-2-3-7-15(14)12-16-8-4-5-9-17(16)13-19/h2-3,6-7,13H,4-5,8-12H2,1H3. The first kappa shape index (κ1) is 15.5. The highest BCUT2D eigenvalue weighted by Gasteiger charge is 2.14. The molecule has 0 heterocycles. The van der Waals surface area contributed by atoms with Gasteiger partial charge in [-0.3, -0.25) is 9.59 Å². The van der Waals surface area contributed by atoms with Crippen molar-refractivity contribution in [3.05, 3.63) is 46.5 Å². The summed E-state index contributed by atoms with van der Waals surface area (Å²) in [4.78, 5) is 22.5. The lowest BCUT2D eigenvalue weighted by atomic mass is 9.87. The molecule has 0 N–H and O–H groups in total. The van der Waals surface area contributed by atoms with E-state index < -0.39 is 0 Å². The lowest BCUT2D eigenvalue weighted by molar-refractivity contribution is -0.140. The molecule has 3 nitrogen and oxygen atoms in total. The maximum absolute atomic E-state index is 11.3. The summed E-state index contributed by atoms with van der Waals surface area (Å²) in [7, 11) is 1.41. The Hall–Kier alpha value is -1.90. The van der Waals surface area contributed by atoms with E-state index in [1.807, 2.05) is 12.1 Å². The number of aryl methyl sites for hydroxylation is 1. The van der Waals surface area contributed by atoms with Gasteiger partial charge in [-0.1, -0.05) is 29.8 Å². The second kappa shape index (κ2) is 7.77. The molecule has 0 bridgehead atoms. The van der Waals surface area contributed by atoms with E-state index in [0.717, 1.165) is 44.0 Å². The molecule has 1 aromatic rings. The van der Waals surface area contributed by atoms with Crippen molar-refractivity contribution >= 4 is 12.3 Å². The molecular weight excluding hydrogens is 264 g/mol. The minimum absolute atomic E-state index is 0.185. The first-order valence-corrected chi connectivity index (χ1v) is 7.54. The Morgan fingerprint density at radius 3 is 2.62 bits per heavy atom. The van der Waals surface area contributed by atoms with Crippen molar-refractivity contribution in [1.29, 1.82) is 0 Å². The number of methoxy groups -OCH3 is 1. The van der Waals surface area contributed by atoms with Gasteiger partial charge in [0.1, 0.15) is 6.29 Å². The Labute approximate surface area is 126 Å². The van der Waals surface area contributed by atoms with Crippen molar-refractivity contribution in [3.63, 3.8) is 0 Å². The van der Waals surface area contributed by atoms with Gasteiger partial charge in [0.05, 0.1) is 7.11 Å². The predicted octanol–water partition coefficient (Wildman–Crippen LogP) is 3.40. The van der Waals surface area contributed by atoms with Crippen LogP contribution in [0.3, 0.4) is 0 Å². The van der Waals surface area contributed by atoms with Crippen LogP contribution in [0.15, 0.2) is 35.4 Å². The maximum atomic E-state index is 11.3. The number of aldehydes is 1. The Balaban J connectivity index is 2.14. The van der Waals surface area contributed by atoms with Gasteiger partial charge in [0.25, 0.3) is 0 Å². The molecule has 0 spiro atoms. The Morgan fingerprint density at radius 1 is 1.19 bits per heavy atom. The van der Waals surface area contributed by atoms with Crippen LogP contribution >= 0.6 is 0 Å². The largest absolute Gasteiger partial charge is 0.469 e. The highest BCUT2D eigenvalue weighted by atomic mass is 16.5. The number of carbonyl (C=O) groups excluding carboxylic acids is 2. The molecule has 3 heteroatoms. The molecule has 1 aromatic carbocycles. The van der Waals surface area contributed by atoms with Gasteiger partial charge < -0.3 is 4.74 Å². The summed E-state index contributed by atoms with van der Waals surface area (Å²) in [5, 5.41) is 0. The van der Waals surface area contributed by atoms with Crippen LogP contribution in [-0.4, -0.2) is 19.4 Å². The molecule has 0 saturated heterocycles. The Morgan fingerprint density at radius 2 is 1.90 bits per heavy atom. The van der Waals surface area contributed by atoms with Gasteiger partial charge in [0, 0.05) is 6.42 Å². The smallest absolute Gasteiger partial charge is 0.305 e. The van der Waals surface area contributed by atoms with Gasteiger partial charge in [0.2, 0.25) is 0 Å². The van der Waals surface area contributed by atoms with E-state index in [2.05, 4.69) is 12.1 Å². The van der Waals surface area contributed by atoms with Gasteiger partial charge >= 0.3 is 5.97 Å². The molecule has 1 aliphatic carbocycles. The van der Waals surface area contributed by atoms with Crippen LogP contribution < -0.4 is 0 Å². The first-order chi connectivity index (χ1) is 10.2. The summed E-state index contributed by atoms with van der Waals surface area (Å²) in [6.45, 7) is 0. The van der Waals surface area contributed by atoms with Crippen molar-refractivity contribution in [1.82, 2.24) is 0 Å². The Kier molecular flexibility index (Phi) is 5.73. The second-order valence-corrected chi connectivity index (χ2v) is 5.48. The molecule has 112 valence electrons. The zero-order valence-corrected chi connectivity index (χ0v) is 12.6. The van der Waals surface area contributed by atoms with Crippen LogP contribution in [0.5, 0.6) is 0 Å². The van der Waals surface area contributed by atoms with Gasteiger partial charge in [-0.05, 0) is 55.2 Å². The second-order valence-electron chi connectivity index (χ2n) is 5.48. The molecule has 0 aromatic heterocycles. The number of hydrogen-bond acceptors (Lipinski definition) is 3. The van der Waals surface area contributed by atoms with Crippen LogP contribution in [0.2, 0.25) is 0 Å². The minimum Gasteiger partial charge on any atom is -0.469 e. The summed E-state index contributed by atoms with van der Waals surface area (Å²) in [6, 6.07) is 8.16. The molecule has 21 heavy (non-hydrogen) atoms. The zero-order valence-electron chi connectivity index (χ0n) is 12.6. The molecule has 0 saturated carbocycles. The first-order valence-electron chi connectivity index (χ1n) is 7.54. The van der Waals surface area contributed by atoms with Crippen LogP contribution in [-0.2, 0) is 27.2 Å². The normalized spacial score (nSPS) is 14.9. The van der Waals surface area contributed by atoms with Crippen LogP contribution in [0.4, 0.5) is 0 Å². The van der Waals surface area contributed by atoms with Crippen molar-refractivity contribution in [3.8, 4) is 0 Å². The summed E-state index contributed by atoms with van der Waals surface area (Å²) >= 11 is 0. The summed E-state index contributed by atoms with van der Waals surface area (Å²) < 4.78 is 4.70. The van der Waals surface area contributed by atoms with Crippen molar-refractivity contribution in [2.75, 3.05) is 7.11 Å². The van der Waals surface area contributed by atoms with Crippen molar-refractivity contribution in [2.24, 2.45) is 0 Å². The lowest BCUT2D eigenvalue weighted by Gasteiger charge is -2.18. The van der Waals surface area contributed by atoms with Gasteiger partial charge in [-0.25, -0.2) is 0 Å². The molecule has 0 fully saturated rings. The van der Waals surface area contributed by atoms with Gasteiger partial charge in [-0.15, -0.1) is 0 Å².